The highest BCUT2D eigenvalue weighted by atomic mass is 19.1. The van der Waals surface area contributed by atoms with Gasteiger partial charge in [-0.2, -0.15) is 0 Å². The Labute approximate surface area is 130 Å². The molecule has 0 saturated heterocycles. The zero-order chi connectivity index (χ0) is 15.9. The molecular formula is C16H12FN3O3. The van der Waals surface area contributed by atoms with E-state index >= 15 is 0 Å². The molecule has 0 bridgehead atoms. The van der Waals surface area contributed by atoms with Gasteiger partial charge in [-0.25, -0.2) is 4.39 Å². The van der Waals surface area contributed by atoms with Crippen molar-refractivity contribution in [2.24, 2.45) is 0 Å². The average molecular weight is 313 g/mol. The summed E-state index contributed by atoms with van der Waals surface area (Å²) in [5.41, 5.74) is 0.0714. The Balaban J connectivity index is 1.61. The summed E-state index contributed by atoms with van der Waals surface area (Å²) in [6, 6.07) is 9.44. The summed E-state index contributed by atoms with van der Waals surface area (Å²) in [6.07, 6.45) is 2.68. The highest BCUT2D eigenvalue weighted by Gasteiger charge is 2.54. The number of hydrogen-bond acceptors (Lipinski definition) is 5. The fraction of sp³-hybridized carbons (Fsp3) is 0.188. The SMILES string of the molecule is O=C(Nc1ccon1)C1(c2cc(-c3ccccc3F)on2)CC1. The van der Waals surface area contributed by atoms with Crippen LogP contribution in [0.4, 0.5) is 10.2 Å². The minimum Gasteiger partial charge on any atom is -0.363 e. The predicted octanol–water partition coefficient (Wildman–Crippen LogP) is 3.14. The van der Waals surface area contributed by atoms with Crippen molar-refractivity contribution in [1.82, 2.24) is 10.3 Å². The number of nitrogens with zero attached hydrogens (tertiary/aromatic N) is 2. The second kappa shape index (κ2) is 5.05. The standard InChI is InChI=1S/C16H12FN3O3/c17-11-4-2-1-3-10(11)12-9-13(19-23-12)16(6-7-16)15(21)18-14-5-8-22-20-14/h1-5,8-9H,6-7H2,(H,18,20,21). The maximum Gasteiger partial charge on any atom is 0.238 e. The molecule has 0 radical (unpaired) electrons. The third-order valence-electron chi connectivity index (χ3n) is 4.00. The molecule has 0 atom stereocenters. The van der Waals surface area contributed by atoms with Gasteiger partial charge >= 0.3 is 0 Å². The zero-order valence-electron chi connectivity index (χ0n) is 12.0. The van der Waals surface area contributed by atoms with Gasteiger partial charge in [-0.3, -0.25) is 4.79 Å². The number of hydrogen-bond donors (Lipinski definition) is 1. The summed E-state index contributed by atoms with van der Waals surface area (Å²) in [7, 11) is 0. The molecule has 4 rings (SSSR count). The summed E-state index contributed by atoms with van der Waals surface area (Å²) < 4.78 is 23.7. The van der Waals surface area contributed by atoms with Gasteiger partial charge in [0, 0.05) is 12.1 Å². The summed E-state index contributed by atoms with van der Waals surface area (Å²) in [4.78, 5) is 12.5. The number of carbonyl (C=O) groups excluding carboxylic acids is 1. The summed E-state index contributed by atoms with van der Waals surface area (Å²) in [5, 5.41) is 10.3. The molecule has 0 unspecified atom stereocenters. The molecule has 1 saturated carbocycles. The second-order valence-corrected chi connectivity index (χ2v) is 5.48. The van der Waals surface area contributed by atoms with Crippen LogP contribution in [-0.2, 0) is 10.2 Å². The first-order valence-corrected chi connectivity index (χ1v) is 7.13. The van der Waals surface area contributed by atoms with E-state index in [-0.39, 0.29) is 5.91 Å². The topological polar surface area (TPSA) is 81.2 Å². The van der Waals surface area contributed by atoms with E-state index in [1.54, 1.807) is 30.3 Å². The third kappa shape index (κ3) is 2.30. The lowest BCUT2D eigenvalue weighted by Gasteiger charge is -2.09. The summed E-state index contributed by atoms with van der Waals surface area (Å²) in [6.45, 7) is 0. The van der Waals surface area contributed by atoms with E-state index in [2.05, 4.69) is 20.2 Å². The molecule has 1 amide bonds. The molecule has 23 heavy (non-hydrogen) atoms. The molecule has 7 heteroatoms. The Morgan fingerprint density at radius 2 is 2.04 bits per heavy atom. The van der Waals surface area contributed by atoms with Gasteiger partial charge in [-0.05, 0) is 25.0 Å². The van der Waals surface area contributed by atoms with E-state index in [4.69, 9.17) is 4.52 Å². The van der Waals surface area contributed by atoms with Crippen LogP contribution in [0.5, 0.6) is 0 Å². The number of aromatic nitrogens is 2. The Kier molecular flexibility index (Phi) is 3.00. The minimum atomic E-state index is -0.744. The quantitative estimate of drug-likeness (QED) is 0.800. The van der Waals surface area contributed by atoms with Crippen molar-refractivity contribution in [1.29, 1.82) is 0 Å². The molecule has 2 aromatic heterocycles. The number of benzene rings is 1. The highest BCUT2D eigenvalue weighted by Crippen LogP contribution is 2.49. The van der Waals surface area contributed by atoms with Gasteiger partial charge in [0.05, 0.1) is 16.7 Å². The lowest BCUT2D eigenvalue weighted by Crippen LogP contribution is -2.28. The van der Waals surface area contributed by atoms with E-state index in [1.165, 1.54) is 12.3 Å². The van der Waals surface area contributed by atoms with Crippen LogP contribution in [-0.4, -0.2) is 16.2 Å². The van der Waals surface area contributed by atoms with Crippen LogP contribution in [0.2, 0.25) is 0 Å². The molecule has 6 nitrogen and oxygen atoms in total. The zero-order valence-corrected chi connectivity index (χ0v) is 12.0. The second-order valence-electron chi connectivity index (χ2n) is 5.48. The Morgan fingerprint density at radius 1 is 1.22 bits per heavy atom. The number of carbonyl (C=O) groups is 1. The molecule has 3 aromatic rings. The fourth-order valence-corrected chi connectivity index (χ4v) is 2.53. The number of nitrogens with one attached hydrogen (secondary N) is 1. The van der Waals surface area contributed by atoms with Crippen molar-refractivity contribution in [2.45, 2.75) is 18.3 Å². The molecule has 1 fully saturated rings. The summed E-state index contributed by atoms with van der Waals surface area (Å²) in [5.74, 6) is 0.0320. The van der Waals surface area contributed by atoms with Gasteiger partial charge in [0.2, 0.25) is 5.91 Å². The molecule has 0 aliphatic heterocycles. The van der Waals surface area contributed by atoms with Crippen molar-refractivity contribution in [3.05, 3.63) is 54.2 Å². The maximum atomic E-state index is 13.8. The lowest BCUT2D eigenvalue weighted by atomic mass is 10.0. The number of rotatable bonds is 4. The predicted molar refractivity (Wildman–Crippen MR) is 77.9 cm³/mol. The van der Waals surface area contributed by atoms with Crippen molar-refractivity contribution in [3.63, 3.8) is 0 Å². The summed E-state index contributed by atoms with van der Waals surface area (Å²) >= 11 is 0. The molecule has 0 spiro atoms. The van der Waals surface area contributed by atoms with Crippen molar-refractivity contribution >= 4 is 11.7 Å². The smallest absolute Gasteiger partial charge is 0.238 e. The largest absolute Gasteiger partial charge is 0.363 e. The van der Waals surface area contributed by atoms with Crippen LogP contribution >= 0.6 is 0 Å². The fourth-order valence-electron chi connectivity index (χ4n) is 2.53. The van der Waals surface area contributed by atoms with Crippen LogP contribution < -0.4 is 5.32 Å². The van der Waals surface area contributed by atoms with Gasteiger partial charge in [-0.1, -0.05) is 22.4 Å². The first kappa shape index (κ1) is 13.7. The first-order chi connectivity index (χ1) is 11.2. The van der Waals surface area contributed by atoms with Gasteiger partial charge < -0.3 is 14.4 Å². The van der Waals surface area contributed by atoms with Crippen LogP contribution in [0.25, 0.3) is 11.3 Å². The molecule has 1 aromatic carbocycles. The van der Waals surface area contributed by atoms with Crippen molar-refractivity contribution in [2.75, 3.05) is 5.32 Å². The van der Waals surface area contributed by atoms with Gasteiger partial charge in [0.15, 0.2) is 11.6 Å². The van der Waals surface area contributed by atoms with Gasteiger partial charge in [-0.15, -0.1) is 0 Å². The molecule has 1 aliphatic carbocycles. The van der Waals surface area contributed by atoms with Gasteiger partial charge in [0.1, 0.15) is 12.1 Å². The van der Waals surface area contributed by atoms with E-state index in [9.17, 15) is 9.18 Å². The van der Waals surface area contributed by atoms with Crippen LogP contribution in [0.1, 0.15) is 18.5 Å². The Hall–Kier alpha value is -2.96. The monoisotopic (exact) mass is 313 g/mol. The normalized spacial score (nSPS) is 15.3. The Morgan fingerprint density at radius 3 is 2.74 bits per heavy atom. The van der Waals surface area contributed by atoms with Crippen LogP contribution in [0.15, 0.2) is 51.7 Å². The minimum absolute atomic E-state index is 0.222. The van der Waals surface area contributed by atoms with Crippen LogP contribution in [0, 0.1) is 5.82 Å². The molecule has 2 heterocycles. The first-order valence-electron chi connectivity index (χ1n) is 7.13. The average Bonchev–Trinajstić information content (AvgIpc) is 2.97. The van der Waals surface area contributed by atoms with E-state index in [0.717, 1.165) is 0 Å². The van der Waals surface area contributed by atoms with E-state index in [1.807, 2.05) is 0 Å². The van der Waals surface area contributed by atoms with E-state index in [0.29, 0.717) is 35.7 Å². The van der Waals surface area contributed by atoms with Crippen molar-refractivity contribution in [3.8, 4) is 11.3 Å². The third-order valence-corrected chi connectivity index (χ3v) is 4.00. The number of anilines is 1. The van der Waals surface area contributed by atoms with Crippen LogP contribution in [0.3, 0.4) is 0 Å². The molecule has 1 N–H and O–H groups in total. The van der Waals surface area contributed by atoms with E-state index < -0.39 is 11.2 Å². The van der Waals surface area contributed by atoms with Crippen molar-refractivity contribution < 1.29 is 18.2 Å². The maximum absolute atomic E-state index is 13.8. The highest BCUT2D eigenvalue weighted by molar-refractivity contribution is 6.00. The molecule has 1 aliphatic rings. The Bertz CT molecular complexity index is 853. The molecular weight excluding hydrogens is 301 g/mol. The van der Waals surface area contributed by atoms with Gasteiger partial charge in [0.25, 0.3) is 0 Å². The molecule has 116 valence electrons. The number of halogens is 1. The lowest BCUT2D eigenvalue weighted by molar-refractivity contribution is -0.118. The number of amides is 1.